The van der Waals surface area contributed by atoms with E-state index >= 15 is 0 Å². The van der Waals surface area contributed by atoms with Crippen LogP contribution in [0.25, 0.3) is 0 Å². The van der Waals surface area contributed by atoms with Gasteiger partial charge in [-0.3, -0.25) is 4.79 Å². The van der Waals surface area contributed by atoms with Gasteiger partial charge in [-0.1, -0.05) is 95.3 Å². The highest BCUT2D eigenvalue weighted by atomic mass is 28.4. The average Bonchev–Trinajstić information content (AvgIpc) is 3.01. The van der Waals surface area contributed by atoms with Gasteiger partial charge in [0, 0.05) is 18.4 Å². The number of ether oxygens (including phenoxy) is 1. The van der Waals surface area contributed by atoms with Gasteiger partial charge < -0.3 is 9.16 Å². The Hall–Kier alpha value is -1.91. The minimum absolute atomic E-state index is 0.0482. The van der Waals surface area contributed by atoms with E-state index in [1.165, 1.54) is 10.4 Å². The van der Waals surface area contributed by atoms with E-state index in [-0.39, 0.29) is 28.9 Å². The maximum absolute atomic E-state index is 11.7. The van der Waals surface area contributed by atoms with E-state index in [0.29, 0.717) is 13.0 Å². The molecule has 0 radical (unpaired) electrons. The summed E-state index contributed by atoms with van der Waals surface area (Å²) < 4.78 is 12.6. The lowest BCUT2D eigenvalue weighted by molar-refractivity contribution is -0.143. The lowest BCUT2D eigenvalue weighted by Crippen LogP contribution is -2.67. The largest absolute Gasteiger partial charge is 0.462 e. The van der Waals surface area contributed by atoms with Crippen molar-refractivity contribution < 1.29 is 14.0 Å². The first-order valence-electron chi connectivity index (χ1n) is 10.2. The topological polar surface area (TPSA) is 35.5 Å². The van der Waals surface area contributed by atoms with Crippen molar-refractivity contribution in [2.24, 2.45) is 11.8 Å². The fourth-order valence-corrected chi connectivity index (χ4v) is 9.15. The second-order valence-corrected chi connectivity index (χ2v) is 13.4. The van der Waals surface area contributed by atoms with Crippen LogP contribution in [0.2, 0.25) is 5.04 Å². The molecule has 28 heavy (non-hydrogen) atoms. The van der Waals surface area contributed by atoms with Gasteiger partial charge in [0.15, 0.2) is 0 Å². The Balaban J connectivity index is 1.98. The molecule has 4 heteroatoms. The Morgan fingerprint density at radius 1 is 1.04 bits per heavy atom. The molecule has 3 nitrogen and oxygen atoms in total. The number of esters is 1. The monoisotopic (exact) mass is 396 g/mol. The number of hydrogen-bond acceptors (Lipinski definition) is 3. The molecule has 1 saturated heterocycles. The van der Waals surface area contributed by atoms with Gasteiger partial charge in [-0.2, -0.15) is 0 Å². The standard InChI is InChI=1S/C24H32O3Si/c1-18-16-22(25)27-23(18)19(2)17-26-28(24(3,4)5,20-12-8-6-9-13-20)21-14-10-7-11-15-21/h6-15,18-19,23H,16-17H2,1-5H3/t18-,19-,23+/m0/s1. The molecule has 1 aliphatic rings. The van der Waals surface area contributed by atoms with E-state index in [1.54, 1.807) is 0 Å². The van der Waals surface area contributed by atoms with E-state index in [0.717, 1.165) is 0 Å². The molecule has 1 heterocycles. The summed E-state index contributed by atoms with van der Waals surface area (Å²) >= 11 is 0. The molecule has 1 aliphatic heterocycles. The Morgan fingerprint density at radius 2 is 1.54 bits per heavy atom. The predicted octanol–water partition coefficient (Wildman–Crippen LogP) is 4.15. The summed E-state index contributed by atoms with van der Waals surface area (Å²) in [4.78, 5) is 11.7. The number of carbonyl (C=O) groups is 1. The predicted molar refractivity (Wildman–Crippen MR) is 116 cm³/mol. The zero-order chi connectivity index (χ0) is 20.4. The zero-order valence-corrected chi connectivity index (χ0v) is 18.6. The van der Waals surface area contributed by atoms with E-state index in [4.69, 9.17) is 9.16 Å². The molecule has 3 atom stereocenters. The summed E-state index contributed by atoms with van der Waals surface area (Å²) in [6.45, 7) is 11.6. The molecule has 0 saturated carbocycles. The Labute approximate surface area is 170 Å². The van der Waals surface area contributed by atoms with Crippen molar-refractivity contribution in [1.82, 2.24) is 0 Å². The average molecular weight is 397 g/mol. The van der Waals surface area contributed by atoms with Crippen molar-refractivity contribution >= 4 is 24.7 Å². The summed E-state index contributed by atoms with van der Waals surface area (Å²) in [5.41, 5.74) is 0. The van der Waals surface area contributed by atoms with Crippen LogP contribution in [0.15, 0.2) is 60.7 Å². The summed E-state index contributed by atoms with van der Waals surface area (Å²) in [7, 11) is -2.54. The molecule has 0 aliphatic carbocycles. The molecule has 0 amide bonds. The van der Waals surface area contributed by atoms with Crippen molar-refractivity contribution in [2.45, 2.75) is 52.2 Å². The second-order valence-electron chi connectivity index (χ2n) is 9.09. The summed E-state index contributed by atoms with van der Waals surface area (Å²) in [5.74, 6) is 0.308. The van der Waals surface area contributed by atoms with Crippen LogP contribution in [0.1, 0.15) is 41.0 Å². The van der Waals surface area contributed by atoms with Crippen molar-refractivity contribution in [1.29, 1.82) is 0 Å². The number of cyclic esters (lactones) is 1. The first-order chi connectivity index (χ1) is 13.3. The van der Waals surface area contributed by atoms with Crippen LogP contribution in [-0.2, 0) is 14.0 Å². The first kappa shape index (κ1) is 20.8. The molecule has 2 aromatic carbocycles. The van der Waals surface area contributed by atoms with Crippen LogP contribution in [0.3, 0.4) is 0 Å². The maximum Gasteiger partial charge on any atom is 0.306 e. The van der Waals surface area contributed by atoms with Crippen LogP contribution in [0.5, 0.6) is 0 Å². The van der Waals surface area contributed by atoms with Crippen LogP contribution < -0.4 is 10.4 Å². The van der Waals surface area contributed by atoms with Gasteiger partial charge in [-0.25, -0.2) is 0 Å². The molecular formula is C24H32O3Si. The van der Waals surface area contributed by atoms with Crippen LogP contribution in [0.4, 0.5) is 0 Å². The van der Waals surface area contributed by atoms with E-state index in [2.05, 4.69) is 95.3 Å². The van der Waals surface area contributed by atoms with Gasteiger partial charge in [0.05, 0.1) is 6.42 Å². The lowest BCUT2D eigenvalue weighted by Gasteiger charge is -2.44. The lowest BCUT2D eigenvalue weighted by atomic mass is 9.94. The minimum atomic E-state index is -2.54. The molecule has 0 unspecified atom stereocenters. The molecule has 0 spiro atoms. The molecule has 0 bridgehead atoms. The molecule has 2 aromatic rings. The fraction of sp³-hybridized carbons (Fsp3) is 0.458. The summed E-state index contributed by atoms with van der Waals surface area (Å²) in [5, 5.41) is 2.50. The third kappa shape index (κ3) is 3.94. The van der Waals surface area contributed by atoms with Gasteiger partial charge in [-0.05, 0) is 15.4 Å². The molecular weight excluding hydrogens is 364 g/mol. The van der Waals surface area contributed by atoms with Gasteiger partial charge in [0.2, 0.25) is 0 Å². The molecule has 3 rings (SSSR count). The van der Waals surface area contributed by atoms with Gasteiger partial charge >= 0.3 is 5.97 Å². The fourth-order valence-electron chi connectivity index (χ4n) is 4.48. The number of hydrogen-bond donors (Lipinski definition) is 0. The zero-order valence-electron chi connectivity index (χ0n) is 17.6. The van der Waals surface area contributed by atoms with Gasteiger partial charge in [0.1, 0.15) is 6.10 Å². The molecule has 0 aromatic heterocycles. The number of benzene rings is 2. The van der Waals surface area contributed by atoms with Crippen molar-refractivity contribution in [3.8, 4) is 0 Å². The normalized spacial score (nSPS) is 21.4. The van der Waals surface area contributed by atoms with Crippen molar-refractivity contribution in [3.63, 3.8) is 0 Å². The molecule has 1 fully saturated rings. The summed E-state index contributed by atoms with van der Waals surface area (Å²) in [6, 6.07) is 21.3. The number of carbonyl (C=O) groups excluding carboxylic acids is 1. The van der Waals surface area contributed by atoms with Crippen LogP contribution in [-0.4, -0.2) is 27.0 Å². The summed E-state index contributed by atoms with van der Waals surface area (Å²) in [6.07, 6.45) is 0.444. The first-order valence-corrected chi connectivity index (χ1v) is 12.1. The Kier molecular flexibility index (Phi) is 6.11. The third-order valence-electron chi connectivity index (χ3n) is 5.86. The molecule has 0 N–H and O–H groups in total. The van der Waals surface area contributed by atoms with Gasteiger partial charge in [-0.15, -0.1) is 0 Å². The van der Waals surface area contributed by atoms with Crippen LogP contribution in [0, 0.1) is 11.8 Å². The highest BCUT2D eigenvalue weighted by Gasteiger charge is 2.50. The van der Waals surface area contributed by atoms with Crippen LogP contribution >= 0.6 is 0 Å². The highest BCUT2D eigenvalue weighted by molar-refractivity contribution is 6.99. The second kappa shape index (κ2) is 8.22. The highest BCUT2D eigenvalue weighted by Crippen LogP contribution is 2.37. The van der Waals surface area contributed by atoms with E-state index in [1.807, 2.05) is 0 Å². The smallest absolute Gasteiger partial charge is 0.306 e. The quantitative estimate of drug-likeness (QED) is 0.543. The third-order valence-corrected chi connectivity index (χ3v) is 10.9. The van der Waals surface area contributed by atoms with Crippen molar-refractivity contribution in [3.05, 3.63) is 60.7 Å². The maximum atomic E-state index is 11.7. The Bertz CT molecular complexity index is 743. The van der Waals surface area contributed by atoms with Crippen molar-refractivity contribution in [2.75, 3.05) is 6.61 Å². The number of rotatable bonds is 6. The van der Waals surface area contributed by atoms with E-state index < -0.39 is 8.32 Å². The Morgan fingerprint density at radius 3 is 1.93 bits per heavy atom. The SMILES string of the molecule is C[C@@H](CO[Si](c1ccccc1)(c1ccccc1)C(C)(C)C)[C@@H]1OC(=O)C[C@@H]1C. The minimum Gasteiger partial charge on any atom is -0.462 e. The van der Waals surface area contributed by atoms with Gasteiger partial charge in [0.25, 0.3) is 8.32 Å². The van der Waals surface area contributed by atoms with E-state index in [9.17, 15) is 4.79 Å². The molecule has 150 valence electrons.